The number of rotatable bonds is 4. The zero-order valence-corrected chi connectivity index (χ0v) is 23.5. The molecule has 0 spiro atoms. The number of fused-ring (bicyclic) bond motifs is 2. The van der Waals surface area contributed by atoms with Gasteiger partial charge in [0.2, 0.25) is 5.91 Å². The van der Waals surface area contributed by atoms with E-state index in [1.54, 1.807) is 4.90 Å². The molecule has 5 rings (SSSR count). The average Bonchev–Trinajstić information content (AvgIpc) is 3.04. The molecule has 1 aliphatic heterocycles. The Hall–Kier alpha value is -2.58. The summed E-state index contributed by atoms with van der Waals surface area (Å²) in [7, 11) is 0. The second-order valence-electron chi connectivity index (χ2n) is 9.70. The van der Waals surface area contributed by atoms with Crippen LogP contribution in [-0.2, 0) is 24.1 Å². The lowest BCUT2D eigenvalue weighted by atomic mass is 9.88. The van der Waals surface area contributed by atoms with E-state index in [-0.39, 0.29) is 49.1 Å². The van der Waals surface area contributed by atoms with Crippen LogP contribution >= 0.6 is 36.4 Å². The monoisotopic (exact) mass is 597 g/mol. The number of carbonyl (C=O) groups excluding carboxylic acids is 1. The van der Waals surface area contributed by atoms with Crippen LogP contribution in [0.2, 0.25) is 5.02 Å². The van der Waals surface area contributed by atoms with Crippen molar-refractivity contribution in [2.45, 2.75) is 44.6 Å². The minimum Gasteiger partial charge on any atom is -0.342 e. The summed E-state index contributed by atoms with van der Waals surface area (Å²) in [4.78, 5) is 19.5. The van der Waals surface area contributed by atoms with Crippen molar-refractivity contribution in [2.75, 3.05) is 13.1 Å². The first-order chi connectivity index (χ1) is 17.8. The third-order valence-corrected chi connectivity index (χ3v) is 7.44. The van der Waals surface area contributed by atoms with Gasteiger partial charge in [-0.3, -0.25) is 9.78 Å². The van der Waals surface area contributed by atoms with Crippen LogP contribution in [0.4, 0.5) is 13.2 Å². The predicted octanol–water partition coefficient (Wildman–Crippen LogP) is 6.48. The highest BCUT2D eigenvalue weighted by atomic mass is 35.5. The zero-order chi connectivity index (χ0) is 26.1. The summed E-state index contributed by atoms with van der Waals surface area (Å²) in [5.74, 6) is -3.38. The third-order valence-electron chi connectivity index (χ3n) is 7.21. The van der Waals surface area contributed by atoms with E-state index in [0.29, 0.717) is 37.0 Å². The maximum Gasteiger partial charge on any atom is 0.224 e. The largest absolute Gasteiger partial charge is 0.342 e. The Bertz CT molecular complexity index is 1390. The molecule has 1 saturated heterocycles. The van der Waals surface area contributed by atoms with Crippen molar-refractivity contribution >= 4 is 47.9 Å². The summed E-state index contributed by atoms with van der Waals surface area (Å²) in [5, 5.41) is 0.710. The lowest BCUT2D eigenvalue weighted by Gasteiger charge is -2.31. The molecule has 2 aromatic carbocycles. The van der Waals surface area contributed by atoms with Gasteiger partial charge in [-0.2, -0.15) is 0 Å². The summed E-state index contributed by atoms with van der Waals surface area (Å²) < 4.78 is 40.7. The molecule has 1 aromatic heterocycles. The minimum absolute atomic E-state index is 0. The first-order valence-corrected chi connectivity index (χ1v) is 12.8. The van der Waals surface area contributed by atoms with Crippen molar-refractivity contribution < 1.29 is 18.0 Å². The van der Waals surface area contributed by atoms with Crippen LogP contribution in [0.3, 0.4) is 0 Å². The summed E-state index contributed by atoms with van der Waals surface area (Å²) in [5.41, 5.74) is 13.0. The second kappa shape index (κ2) is 13.2. The molecule has 3 aromatic rings. The zero-order valence-electron chi connectivity index (χ0n) is 21.1. The number of aromatic nitrogens is 1. The first-order valence-electron chi connectivity index (χ1n) is 12.4. The van der Waals surface area contributed by atoms with Crippen molar-refractivity contribution in [1.29, 1.82) is 0 Å². The maximum absolute atomic E-state index is 14.0. The topological polar surface area (TPSA) is 59.2 Å². The number of halogens is 6. The number of pyridine rings is 1. The molecular weight excluding hydrogens is 570 g/mol. The van der Waals surface area contributed by atoms with Crippen LogP contribution < -0.4 is 5.73 Å². The van der Waals surface area contributed by atoms with E-state index in [1.807, 2.05) is 24.4 Å². The fourth-order valence-corrected chi connectivity index (χ4v) is 5.53. The molecule has 1 unspecified atom stereocenters. The van der Waals surface area contributed by atoms with E-state index >= 15 is 0 Å². The van der Waals surface area contributed by atoms with E-state index in [1.165, 1.54) is 16.7 Å². The number of benzene rings is 2. The number of amides is 1. The van der Waals surface area contributed by atoms with Crippen LogP contribution in [0, 0.1) is 17.5 Å². The molecule has 10 heteroatoms. The summed E-state index contributed by atoms with van der Waals surface area (Å²) in [6.07, 6.45) is 4.92. The summed E-state index contributed by atoms with van der Waals surface area (Å²) in [6, 6.07) is 10.7. The van der Waals surface area contributed by atoms with Gasteiger partial charge in [0.05, 0.1) is 5.69 Å². The number of aryl methyl sites for hydroxylation is 2. The number of carbonyl (C=O) groups is 1. The SMILES string of the molecule is Cl.Cl.NC(CC(=O)N1CCC(=C2c3ccc(Cl)cc3CCc3cccnc32)CC1)Cc1cc(F)c(F)cc1F. The maximum atomic E-state index is 14.0. The molecule has 0 bridgehead atoms. The van der Waals surface area contributed by atoms with Crippen LogP contribution in [0.15, 0.2) is 54.2 Å². The third kappa shape index (κ3) is 6.77. The lowest BCUT2D eigenvalue weighted by molar-refractivity contribution is -0.132. The van der Waals surface area contributed by atoms with Crippen LogP contribution in [-0.4, -0.2) is 34.9 Å². The number of hydrogen-bond acceptors (Lipinski definition) is 3. The van der Waals surface area contributed by atoms with Gasteiger partial charge in [-0.05, 0) is 78.6 Å². The standard InChI is InChI=1S/C29H27ClF3N3O.2ClH/c30-21-5-6-23-19(12-21)4-3-18-2-1-9-35-29(18)28(23)17-7-10-36(11-8-17)27(37)15-22(34)13-20-14-25(32)26(33)16-24(20)31;;/h1-2,5-6,9,12,14,16,22H,3-4,7-8,10-11,13,15,34H2;2*1H. The van der Waals surface area contributed by atoms with E-state index in [4.69, 9.17) is 22.3 Å². The number of nitrogens with zero attached hydrogens (tertiary/aromatic N) is 2. The van der Waals surface area contributed by atoms with Crippen molar-refractivity contribution in [2.24, 2.45) is 5.73 Å². The van der Waals surface area contributed by atoms with Gasteiger partial charge in [0.25, 0.3) is 0 Å². The molecule has 0 saturated carbocycles. The highest BCUT2D eigenvalue weighted by Crippen LogP contribution is 2.38. The molecule has 208 valence electrons. The van der Waals surface area contributed by atoms with Gasteiger partial charge in [0, 0.05) is 48.4 Å². The minimum atomic E-state index is -1.25. The Labute approximate surface area is 243 Å². The fourth-order valence-electron chi connectivity index (χ4n) is 5.34. The van der Waals surface area contributed by atoms with E-state index in [2.05, 4.69) is 12.1 Å². The molecule has 2 heterocycles. The van der Waals surface area contributed by atoms with Gasteiger partial charge >= 0.3 is 0 Å². The van der Waals surface area contributed by atoms with Crippen molar-refractivity contribution in [3.63, 3.8) is 0 Å². The van der Waals surface area contributed by atoms with Crippen LogP contribution in [0.1, 0.15) is 47.2 Å². The van der Waals surface area contributed by atoms with Crippen LogP contribution in [0.5, 0.6) is 0 Å². The quantitative estimate of drug-likeness (QED) is 0.350. The van der Waals surface area contributed by atoms with E-state index < -0.39 is 23.5 Å². The Kier molecular flexibility index (Phi) is 10.5. The van der Waals surface area contributed by atoms with Gasteiger partial charge in [0.1, 0.15) is 5.82 Å². The van der Waals surface area contributed by atoms with Gasteiger partial charge in [-0.25, -0.2) is 13.2 Å². The van der Waals surface area contributed by atoms with E-state index in [9.17, 15) is 18.0 Å². The molecule has 1 fully saturated rings. The van der Waals surface area contributed by atoms with Crippen molar-refractivity contribution in [1.82, 2.24) is 9.88 Å². The molecule has 39 heavy (non-hydrogen) atoms. The molecule has 2 N–H and O–H groups in total. The Morgan fingerprint density at radius 3 is 2.38 bits per heavy atom. The van der Waals surface area contributed by atoms with Crippen molar-refractivity contribution in [3.05, 3.63) is 105 Å². The lowest BCUT2D eigenvalue weighted by Crippen LogP contribution is -2.40. The molecule has 1 amide bonds. The highest BCUT2D eigenvalue weighted by Gasteiger charge is 2.27. The van der Waals surface area contributed by atoms with Gasteiger partial charge in [-0.1, -0.05) is 29.3 Å². The number of nitrogens with two attached hydrogens (primary N) is 1. The number of hydrogen-bond donors (Lipinski definition) is 1. The van der Waals surface area contributed by atoms with Crippen LogP contribution in [0.25, 0.3) is 5.57 Å². The smallest absolute Gasteiger partial charge is 0.224 e. The predicted molar refractivity (Wildman–Crippen MR) is 152 cm³/mol. The van der Waals surface area contributed by atoms with Gasteiger partial charge in [-0.15, -0.1) is 24.8 Å². The Morgan fingerprint density at radius 2 is 1.64 bits per heavy atom. The molecule has 1 atom stereocenters. The summed E-state index contributed by atoms with van der Waals surface area (Å²) >= 11 is 6.30. The van der Waals surface area contributed by atoms with Crippen molar-refractivity contribution in [3.8, 4) is 0 Å². The second-order valence-corrected chi connectivity index (χ2v) is 10.1. The average molecular weight is 599 g/mol. The number of piperidine rings is 1. The Morgan fingerprint density at radius 1 is 0.949 bits per heavy atom. The molecule has 0 radical (unpaired) electrons. The van der Waals surface area contributed by atoms with E-state index in [0.717, 1.165) is 35.7 Å². The Balaban J connectivity index is 0.00000210. The molecular formula is C29H29Cl3F3N3O. The fraction of sp³-hybridized carbons (Fsp3) is 0.310. The number of likely N-dealkylation sites (tertiary alicyclic amines) is 1. The first kappa shape index (κ1) is 31.0. The molecule has 1 aliphatic carbocycles. The highest BCUT2D eigenvalue weighted by molar-refractivity contribution is 6.30. The summed E-state index contributed by atoms with van der Waals surface area (Å²) in [6.45, 7) is 1.07. The molecule has 2 aliphatic rings. The normalized spacial score (nSPS) is 15.4. The van der Waals surface area contributed by atoms with Gasteiger partial charge in [0.15, 0.2) is 11.6 Å². The molecule has 4 nitrogen and oxygen atoms in total. The van der Waals surface area contributed by atoms with Gasteiger partial charge < -0.3 is 10.6 Å².